The molecule has 0 bridgehead atoms. The predicted molar refractivity (Wildman–Crippen MR) is 104 cm³/mol. The van der Waals surface area contributed by atoms with Crippen molar-refractivity contribution in [2.75, 3.05) is 13.1 Å². The summed E-state index contributed by atoms with van der Waals surface area (Å²) in [5.74, 6) is 3.82. The third-order valence-corrected chi connectivity index (χ3v) is 4.66. The van der Waals surface area contributed by atoms with Crippen LogP contribution in [0.3, 0.4) is 0 Å². The van der Waals surface area contributed by atoms with Crippen LogP contribution >= 0.6 is 0 Å². The van der Waals surface area contributed by atoms with Crippen LogP contribution in [-0.4, -0.2) is 33.8 Å². The molecule has 1 aromatic heterocycles. The van der Waals surface area contributed by atoms with Gasteiger partial charge in [-0.3, -0.25) is 0 Å². The minimum Gasteiger partial charge on any atom is -0.357 e. The lowest BCUT2D eigenvalue weighted by Crippen LogP contribution is -2.37. The number of unbranched alkanes of at least 4 members (excludes halogenated alkanes) is 3. The van der Waals surface area contributed by atoms with E-state index in [4.69, 9.17) is 4.99 Å². The monoisotopic (exact) mass is 348 g/mol. The second-order valence-corrected chi connectivity index (χ2v) is 7.36. The molecule has 1 aliphatic heterocycles. The Morgan fingerprint density at radius 2 is 1.96 bits per heavy atom. The van der Waals surface area contributed by atoms with E-state index in [1.165, 1.54) is 44.9 Å². The molecule has 0 saturated heterocycles. The minimum atomic E-state index is 0.594. The molecular formula is C19H36N6. The van der Waals surface area contributed by atoms with Gasteiger partial charge >= 0.3 is 0 Å². The summed E-state index contributed by atoms with van der Waals surface area (Å²) in [5.41, 5.74) is 0. The third kappa shape index (κ3) is 7.04. The first-order valence-electron chi connectivity index (χ1n) is 10.1. The summed E-state index contributed by atoms with van der Waals surface area (Å²) >= 11 is 0. The molecule has 0 fully saturated rings. The summed E-state index contributed by atoms with van der Waals surface area (Å²) in [6, 6.07) is 0. The van der Waals surface area contributed by atoms with Gasteiger partial charge in [0, 0.05) is 26.1 Å². The summed E-state index contributed by atoms with van der Waals surface area (Å²) < 4.78 is 2.24. The Balaban J connectivity index is 1.72. The molecular weight excluding hydrogens is 312 g/mol. The Bertz CT molecular complexity index is 520. The SMILES string of the molecule is CCNC(=NCc1nnc2n1CCCC2)NCCCCCCC(C)C. The predicted octanol–water partition coefficient (Wildman–Crippen LogP) is 3.28. The third-order valence-electron chi connectivity index (χ3n) is 4.66. The van der Waals surface area contributed by atoms with Crippen LogP contribution in [0.25, 0.3) is 0 Å². The van der Waals surface area contributed by atoms with Crippen molar-refractivity contribution in [3.8, 4) is 0 Å². The molecule has 2 heterocycles. The maximum Gasteiger partial charge on any atom is 0.191 e. The largest absolute Gasteiger partial charge is 0.357 e. The summed E-state index contributed by atoms with van der Waals surface area (Å²) in [6.45, 7) is 10.2. The molecule has 1 aliphatic rings. The number of aryl methyl sites for hydroxylation is 1. The standard InChI is InChI=1S/C19H36N6/c1-4-20-19(21-13-9-6-5-7-11-16(2)3)22-15-18-24-23-17-12-8-10-14-25(17)18/h16H,4-15H2,1-3H3,(H2,20,21,22). The number of rotatable bonds is 10. The quantitative estimate of drug-likeness (QED) is 0.387. The molecule has 0 aliphatic carbocycles. The topological polar surface area (TPSA) is 67.1 Å². The number of nitrogens with zero attached hydrogens (tertiary/aromatic N) is 4. The number of aromatic nitrogens is 3. The molecule has 0 spiro atoms. The van der Waals surface area contributed by atoms with Gasteiger partial charge in [0.15, 0.2) is 11.8 Å². The molecule has 2 rings (SSSR count). The molecule has 0 unspecified atom stereocenters. The molecule has 6 heteroatoms. The molecule has 6 nitrogen and oxygen atoms in total. The van der Waals surface area contributed by atoms with E-state index in [1.54, 1.807) is 0 Å². The Hall–Kier alpha value is -1.59. The van der Waals surface area contributed by atoms with Crippen molar-refractivity contribution in [1.82, 2.24) is 25.4 Å². The molecule has 1 aromatic rings. The van der Waals surface area contributed by atoms with E-state index >= 15 is 0 Å². The van der Waals surface area contributed by atoms with Gasteiger partial charge in [-0.2, -0.15) is 0 Å². The van der Waals surface area contributed by atoms with Crippen LogP contribution in [0.15, 0.2) is 4.99 Å². The van der Waals surface area contributed by atoms with E-state index in [-0.39, 0.29) is 0 Å². The van der Waals surface area contributed by atoms with Crippen LogP contribution in [0.2, 0.25) is 0 Å². The van der Waals surface area contributed by atoms with E-state index < -0.39 is 0 Å². The highest BCUT2D eigenvalue weighted by Crippen LogP contribution is 2.14. The zero-order valence-electron chi connectivity index (χ0n) is 16.4. The number of nitrogens with one attached hydrogen (secondary N) is 2. The molecule has 0 aromatic carbocycles. The van der Waals surface area contributed by atoms with Gasteiger partial charge in [-0.1, -0.05) is 39.5 Å². The number of hydrogen-bond donors (Lipinski definition) is 2. The number of fused-ring (bicyclic) bond motifs is 1. The number of guanidine groups is 1. The van der Waals surface area contributed by atoms with Crippen molar-refractivity contribution >= 4 is 5.96 Å². The van der Waals surface area contributed by atoms with Gasteiger partial charge in [0.1, 0.15) is 12.4 Å². The maximum absolute atomic E-state index is 4.69. The lowest BCUT2D eigenvalue weighted by molar-refractivity contribution is 0.507. The van der Waals surface area contributed by atoms with Crippen LogP contribution in [0, 0.1) is 5.92 Å². The van der Waals surface area contributed by atoms with Crippen molar-refractivity contribution in [1.29, 1.82) is 0 Å². The lowest BCUT2D eigenvalue weighted by atomic mass is 10.0. The van der Waals surface area contributed by atoms with E-state index in [0.717, 1.165) is 49.6 Å². The average molecular weight is 349 g/mol. The molecule has 0 amide bonds. The lowest BCUT2D eigenvalue weighted by Gasteiger charge is -2.14. The molecule has 25 heavy (non-hydrogen) atoms. The first-order chi connectivity index (χ1) is 12.2. The van der Waals surface area contributed by atoms with Crippen molar-refractivity contribution < 1.29 is 0 Å². The van der Waals surface area contributed by atoms with Gasteiger partial charge in [0.25, 0.3) is 0 Å². The zero-order chi connectivity index (χ0) is 17.9. The van der Waals surface area contributed by atoms with E-state index in [2.05, 4.69) is 46.2 Å². The van der Waals surface area contributed by atoms with Crippen LogP contribution < -0.4 is 10.6 Å². The van der Waals surface area contributed by atoms with Gasteiger partial charge in [0.05, 0.1) is 0 Å². The average Bonchev–Trinajstić information content (AvgIpc) is 3.01. The van der Waals surface area contributed by atoms with Crippen LogP contribution in [-0.2, 0) is 19.5 Å². The second-order valence-electron chi connectivity index (χ2n) is 7.36. The van der Waals surface area contributed by atoms with Crippen molar-refractivity contribution in [2.24, 2.45) is 10.9 Å². The Morgan fingerprint density at radius 3 is 2.76 bits per heavy atom. The summed E-state index contributed by atoms with van der Waals surface area (Å²) in [7, 11) is 0. The molecule has 0 atom stereocenters. The van der Waals surface area contributed by atoms with E-state index in [0.29, 0.717) is 6.54 Å². The van der Waals surface area contributed by atoms with Gasteiger partial charge in [-0.05, 0) is 32.1 Å². The van der Waals surface area contributed by atoms with Crippen molar-refractivity contribution in [2.45, 2.75) is 85.2 Å². The highest BCUT2D eigenvalue weighted by molar-refractivity contribution is 5.79. The first kappa shape index (κ1) is 19.7. The summed E-state index contributed by atoms with van der Waals surface area (Å²) in [6.07, 6.45) is 10.0. The van der Waals surface area contributed by atoms with Gasteiger partial charge < -0.3 is 15.2 Å². The smallest absolute Gasteiger partial charge is 0.191 e. The van der Waals surface area contributed by atoms with Crippen molar-refractivity contribution in [3.63, 3.8) is 0 Å². The van der Waals surface area contributed by atoms with Crippen LogP contribution in [0.1, 0.15) is 77.4 Å². The fourth-order valence-electron chi connectivity index (χ4n) is 3.21. The van der Waals surface area contributed by atoms with Gasteiger partial charge in [0.2, 0.25) is 0 Å². The number of aliphatic imine (C=N–C) groups is 1. The number of hydrogen-bond acceptors (Lipinski definition) is 3. The summed E-state index contributed by atoms with van der Waals surface area (Å²) in [5, 5.41) is 15.4. The summed E-state index contributed by atoms with van der Waals surface area (Å²) in [4.78, 5) is 4.69. The fraction of sp³-hybridized carbons (Fsp3) is 0.842. The first-order valence-corrected chi connectivity index (χ1v) is 10.1. The highest BCUT2D eigenvalue weighted by atomic mass is 15.3. The Labute approximate surface area is 152 Å². The second kappa shape index (κ2) is 11.1. The Morgan fingerprint density at radius 1 is 1.12 bits per heavy atom. The zero-order valence-corrected chi connectivity index (χ0v) is 16.4. The van der Waals surface area contributed by atoms with Gasteiger partial charge in [-0.15, -0.1) is 10.2 Å². The van der Waals surface area contributed by atoms with Crippen LogP contribution in [0.4, 0.5) is 0 Å². The Kier molecular flexibility index (Phi) is 8.77. The normalized spacial score (nSPS) is 14.6. The van der Waals surface area contributed by atoms with Crippen LogP contribution in [0.5, 0.6) is 0 Å². The van der Waals surface area contributed by atoms with E-state index in [1.807, 2.05) is 0 Å². The fourth-order valence-corrected chi connectivity index (χ4v) is 3.21. The highest BCUT2D eigenvalue weighted by Gasteiger charge is 2.15. The molecule has 0 radical (unpaired) electrons. The van der Waals surface area contributed by atoms with E-state index in [9.17, 15) is 0 Å². The molecule has 0 saturated carbocycles. The van der Waals surface area contributed by atoms with Crippen molar-refractivity contribution in [3.05, 3.63) is 11.6 Å². The maximum atomic E-state index is 4.69. The van der Waals surface area contributed by atoms with Gasteiger partial charge in [-0.25, -0.2) is 4.99 Å². The minimum absolute atomic E-state index is 0.594. The molecule has 2 N–H and O–H groups in total. The molecule has 142 valence electrons.